The quantitative estimate of drug-likeness (QED) is 0.201. The van der Waals surface area contributed by atoms with Crippen LogP contribution in [0.2, 0.25) is 0 Å². The van der Waals surface area contributed by atoms with Crippen molar-refractivity contribution in [3.8, 4) is 5.75 Å². The van der Waals surface area contributed by atoms with Gasteiger partial charge in [-0.2, -0.15) is 10.2 Å². The van der Waals surface area contributed by atoms with E-state index >= 15 is 0 Å². The molecule has 0 atom stereocenters. The Bertz CT molecular complexity index is 692. The minimum atomic E-state index is 0.778. The highest BCUT2D eigenvalue weighted by Crippen LogP contribution is 2.22. The van der Waals surface area contributed by atoms with Gasteiger partial charge in [0.1, 0.15) is 5.75 Å². The summed E-state index contributed by atoms with van der Waals surface area (Å²) in [7, 11) is 0. The molecule has 0 saturated heterocycles. The minimum Gasteiger partial charge on any atom is -0.494 e. The van der Waals surface area contributed by atoms with Gasteiger partial charge in [0.25, 0.3) is 0 Å². The van der Waals surface area contributed by atoms with Crippen LogP contribution in [0.4, 0.5) is 11.4 Å². The minimum absolute atomic E-state index is 0.778. The highest BCUT2D eigenvalue weighted by atomic mass is 16.5. The van der Waals surface area contributed by atoms with Crippen LogP contribution in [0.15, 0.2) is 58.8 Å². The molecule has 0 bridgehead atoms. The molecule has 0 aliphatic heterocycles. The Morgan fingerprint density at radius 2 is 1.07 bits per heavy atom. The first-order chi connectivity index (χ1) is 14.8. The van der Waals surface area contributed by atoms with E-state index in [0.717, 1.165) is 36.6 Å². The molecule has 3 nitrogen and oxygen atoms in total. The largest absolute Gasteiger partial charge is 0.494 e. The molecule has 0 radical (unpaired) electrons. The van der Waals surface area contributed by atoms with E-state index in [0.29, 0.717) is 0 Å². The molecule has 0 aromatic heterocycles. The van der Waals surface area contributed by atoms with E-state index in [4.69, 9.17) is 4.74 Å². The van der Waals surface area contributed by atoms with Crippen molar-refractivity contribution in [1.29, 1.82) is 0 Å². The van der Waals surface area contributed by atoms with Crippen LogP contribution in [-0.4, -0.2) is 6.61 Å². The lowest BCUT2D eigenvalue weighted by Crippen LogP contribution is -1.96. The molecule has 2 aromatic carbocycles. The van der Waals surface area contributed by atoms with E-state index in [1.807, 2.05) is 24.3 Å². The fraction of sp³-hybridized carbons (Fsp3) is 0.556. The van der Waals surface area contributed by atoms with Crippen molar-refractivity contribution in [3.05, 3.63) is 54.1 Å². The highest BCUT2D eigenvalue weighted by molar-refractivity contribution is 5.43. The van der Waals surface area contributed by atoms with Crippen LogP contribution in [0.25, 0.3) is 0 Å². The predicted octanol–water partition coefficient (Wildman–Crippen LogP) is 9.35. The summed E-state index contributed by atoms with van der Waals surface area (Å²) in [6, 6.07) is 16.3. The standard InChI is InChI=1S/C27H40N2O/c1-3-5-7-8-9-10-11-12-14-24-15-17-25(18-16-24)28-29-26-19-21-27(22-20-26)30-23-13-6-4-2/h15-22H,3-14,23H2,1-2H3. The number of nitrogens with zero attached hydrogens (tertiary/aromatic N) is 2. The van der Waals surface area contributed by atoms with Crippen molar-refractivity contribution in [2.45, 2.75) is 90.9 Å². The maximum Gasteiger partial charge on any atom is 0.119 e. The summed E-state index contributed by atoms with van der Waals surface area (Å²) in [5, 5.41) is 8.71. The lowest BCUT2D eigenvalue weighted by molar-refractivity contribution is 0.306. The molecule has 0 saturated carbocycles. The van der Waals surface area contributed by atoms with Gasteiger partial charge in [-0.25, -0.2) is 0 Å². The molecule has 2 aromatic rings. The maximum atomic E-state index is 5.74. The molecular weight excluding hydrogens is 368 g/mol. The second-order valence-corrected chi connectivity index (χ2v) is 8.14. The van der Waals surface area contributed by atoms with E-state index in [-0.39, 0.29) is 0 Å². The molecule has 0 N–H and O–H groups in total. The first-order valence-electron chi connectivity index (χ1n) is 12.1. The maximum absolute atomic E-state index is 5.74. The molecule has 0 aliphatic carbocycles. The van der Waals surface area contributed by atoms with Crippen molar-refractivity contribution in [3.63, 3.8) is 0 Å². The monoisotopic (exact) mass is 408 g/mol. The van der Waals surface area contributed by atoms with Gasteiger partial charge in [0, 0.05) is 0 Å². The SMILES string of the molecule is CCCCCCCCCCc1ccc(N=Nc2ccc(OCCCCC)cc2)cc1. The summed E-state index contributed by atoms with van der Waals surface area (Å²) in [6.45, 7) is 5.25. The van der Waals surface area contributed by atoms with Crippen molar-refractivity contribution in [2.24, 2.45) is 10.2 Å². The van der Waals surface area contributed by atoms with E-state index in [1.165, 1.54) is 69.8 Å². The van der Waals surface area contributed by atoms with Gasteiger partial charge >= 0.3 is 0 Å². The summed E-state index contributed by atoms with van der Waals surface area (Å²) in [4.78, 5) is 0. The zero-order valence-corrected chi connectivity index (χ0v) is 19.1. The van der Waals surface area contributed by atoms with E-state index in [2.05, 4.69) is 48.3 Å². The second-order valence-electron chi connectivity index (χ2n) is 8.14. The second kappa shape index (κ2) is 15.6. The molecule has 0 unspecified atom stereocenters. The average Bonchev–Trinajstić information content (AvgIpc) is 2.79. The third kappa shape index (κ3) is 10.6. The fourth-order valence-electron chi connectivity index (χ4n) is 3.46. The molecule has 0 amide bonds. The summed E-state index contributed by atoms with van der Waals surface area (Å²) in [5.74, 6) is 0.898. The predicted molar refractivity (Wildman–Crippen MR) is 128 cm³/mol. The van der Waals surface area contributed by atoms with Crippen LogP contribution < -0.4 is 4.74 Å². The van der Waals surface area contributed by atoms with Gasteiger partial charge in [0.15, 0.2) is 0 Å². The number of benzene rings is 2. The molecule has 0 fully saturated rings. The number of rotatable bonds is 16. The Labute approximate surface area is 184 Å². The van der Waals surface area contributed by atoms with Crippen LogP contribution in [0.3, 0.4) is 0 Å². The average molecular weight is 409 g/mol. The first-order valence-corrected chi connectivity index (χ1v) is 12.1. The summed E-state index contributed by atoms with van der Waals surface area (Å²) in [6.07, 6.45) is 15.6. The Balaban J connectivity index is 1.66. The zero-order valence-electron chi connectivity index (χ0n) is 19.1. The van der Waals surface area contributed by atoms with Gasteiger partial charge in [-0.05, 0) is 61.2 Å². The Kier molecular flexibility index (Phi) is 12.6. The smallest absolute Gasteiger partial charge is 0.119 e. The number of hydrogen-bond donors (Lipinski definition) is 0. The zero-order chi connectivity index (χ0) is 21.3. The van der Waals surface area contributed by atoms with Gasteiger partial charge in [-0.3, -0.25) is 0 Å². The van der Waals surface area contributed by atoms with Crippen molar-refractivity contribution in [1.82, 2.24) is 0 Å². The van der Waals surface area contributed by atoms with Crippen LogP contribution in [0.5, 0.6) is 5.75 Å². The third-order valence-electron chi connectivity index (χ3n) is 5.39. The lowest BCUT2D eigenvalue weighted by Gasteiger charge is -2.05. The van der Waals surface area contributed by atoms with Gasteiger partial charge in [-0.15, -0.1) is 0 Å². The summed E-state index contributed by atoms with van der Waals surface area (Å²) >= 11 is 0. The lowest BCUT2D eigenvalue weighted by atomic mass is 10.0. The summed E-state index contributed by atoms with van der Waals surface area (Å²) in [5.41, 5.74) is 3.14. The first kappa shape index (κ1) is 24.1. The van der Waals surface area contributed by atoms with Crippen LogP contribution >= 0.6 is 0 Å². The molecule has 164 valence electrons. The number of aryl methyl sites for hydroxylation is 1. The molecule has 0 heterocycles. The third-order valence-corrected chi connectivity index (χ3v) is 5.39. The van der Waals surface area contributed by atoms with Gasteiger partial charge < -0.3 is 4.74 Å². The topological polar surface area (TPSA) is 34.0 Å². The molecule has 3 heteroatoms. The van der Waals surface area contributed by atoms with Gasteiger partial charge in [-0.1, -0.05) is 83.8 Å². The Morgan fingerprint density at radius 3 is 1.67 bits per heavy atom. The van der Waals surface area contributed by atoms with Crippen LogP contribution in [0.1, 0.15) is 90.0 Å². The van der Waals surface area contributed by atoms with Crippen molar-refractivity contribution >= 4 is 11.4 Å². The Hall–Kier alpha value is -2.16. The fourth-order valence-corrected chi connectivity index (χ4v) is 3.46. The van der Waals surface area contributed by atoms with E-state index in [1.54, 1.807) is 0 Å². The van der Waals surface area contributed by atoms with Gasteiger partial charge in [0.05, 0.1) is 18.0 Å². The van der Waals surface area contributed by atoms with E-state index < -0.39 is 0 Å². The van der Waals surface area contributed by atoms with Crippen molar-refractivity contribution in [2.75, 3.05) is 6.61 Å². The van der Waals surface area contributed by atoms with Gasteiger partial charge in [0.2, 0.25) is 0 Å². The molecular formula is C27H40N2O. The van der Waals surface area contributed by atoms with Crippen LogP contribution in [0, 0.1) is 0 Å². The van der Waals surface area contributed by atoms with Crippen molar-refractivity contribution < 1.29 is 4.74 Å². The molecule has 0 aliphatic rings. The molecule has 30 heavy (non-hydrogen) atoms. The molecule has 2 rings (SSSR count). The molecule has 0 spiro atoms. The number of hydrogen-bond acceptors (Lipinski definition) is 3. The number of unbranched alkanes of at least 4 members (excludes halogenated alkanes) is 9. The van der Waals surface area contributed by atoms with Crippen LogP contribution in [-0.2, 0) is 6.42 Å². The van der Waals surface area contributed by atoms with E-state index in [9.17, 15) is 0 Å². The Morgan fingerprint density at radius 1 is 0.567 bits per heavy atom. The number of ether oxygens (including phenoxy) is 1. The normalized spacial score (nSPS) is 11.3. The highest BCUT2D eigenvalue weighted by Gasteiger charge is 1.98. The number of azo groups is 1. The summed E-state index contributed by atoms with van der Waals surface area (Å²) < 4.78 is 5.74.